The minimum absolute atomic E-state index is 0.125. The predicted octanol–water partition coefficient (Wildman–Crippen LogP) is 3.40. The molecular weight excluding hydrogens is 306 g/mol. The Morgan fingerprint density at radius 1 is 1.46 bits per heavy atom. The van der Waals surface area contributed by atoms with Gasteiger partial charge in [-0.25, -0.2) is 9.69 Å². The van der Waals surface area contributed by atoms with Crippen LogP contribution in [0.4, 0.5) is 4.79 Å². The van der Waals surface area contributed by atoms with Gasteiger partial charge >= 0.3 is 6.09 Å². The zero-order valence-electron chi connectivity index (χ0n) is 14.5. The molecule has 1 saturated heterocycles. The first-order chi connectivity index (χ1) is 11.4. The van der Waals surface area contributed by atoms with E-state index in [9.17, 15) is 9.59 Å². The van der Waals surface area contributed by atoms with Crippen LogP contribution in [0.2, 0.25) is 0 Å². The molecule has 0 saturated carbocycles. The lowest BCUT2D eigenvalue weighted by molar-refractivity contribution is -0.140. The van der Waals surface area contributed by atoms with E-state index in [-0.39, 0.29) is 31.1 Å². The number of hydrogen-bond acceptors (Lipinski definition) is 4. The fourth-order valence-corrected chi connectivity index (χ4v) is 2.60. The number of carbonyl (C=O) groups is 2. The van der Waals surface area contributed by atoms with Crippen molar-refractivity contribution in [2.45, 2.75) is 33.4 Å². The van der Waals surface area contributed by atoms with Crippen LogP contribution < -0.4 is 0 Å². The summed E-state index contributed by atoms with van der Waals surface area (Å²) in [6.45, 7) is 10.2. The average Bonchev–Trinajstić information content (AvgIpc) is 2.96. The summed E-state index contributed by atoms with van der Waals surface area (Å²) < 4.78 is 10.8. The fraction of sp³-hybridized carbons (Fsp3) is 0.474. The first-order valence-electron chi connectivity index (χ1n) is 8.14. The maximum Gasteiger partial charge on any atom is 0.417 e. The van der Waals surface area contributed by atoms with E-state index in [0.29, 0.717) is 6.61 Å². The molecule has 0 spiro atoms. The molecular formula is C19H25NO4. The van der Waals surface area contributed by atoms with Gasteiger partial charge in [0.15, 0.2) is 0 Å². The largest absolute Gasteiger partial charge is 0.447 e. The summed E-state index contributed by atoms with van der Waals surface area (Å²) >= 11 is 0. The number of amides is 2. The van der Waals surface area contributed by atoms with Gasteiger partial charge in [0, 0.05) is 0 Å². The van der Waals surface area contributed by atoms with Crippen molar-refractivity contribution in [1.29, 1.82) is 0 Å². The van der Waals surface area contributed by atoms with Crippen molar-refractivity contribution in [2.75, 3.05) is 13.2 Å². The van der Waals surface area contributed by atoms with Crippen molar-refractivity contribution in [1.82, 2.24) is 4.90 Å². The monoisotopic (exact) mass is 331 g/mol. The van der Waals surface area contributed by atoms with Gasteiger partial charge < -0.3 is 9.47 Å². The van der Waals surface area contributed by atoms with Gasteiger partial charge in [-0.2, -0.15) is 0 Å². The Morgan fingerprint density at radius 3 is 2.71 bits per heavy atom. The molecule has 1 aliphatic heterocycles. The highest BCUT2D eigenvalue weighted by molar-refractivity contribution is 5.97. The lowest BCUT2D eigenvalue weighted by Crippen LogP contribution is -2.49. The number of benzene rings is 1. The molecule has 1 fully saturated rings. The highest BCUT2D eigenvalue weighted by Crippen LogP contribution is 2.29. The van der Waals surface area contributed by atoms with Crippen molar-refractivity contribution in [2.24, 2.45) is 11.3 Å². The number of rotatable bonds is 7. The van der Waals surface area contributed by atoms with E-state index in [4.69, 9.17) is 9.47 Å². The second-order valence-electron chi connectivity index (χ2n) is 6.66. The number of hydrogen-bond donors (Lipinski definition) is 0. The molecule has 5 heteroatoms. The molecule has 0 unspecified atom stereocenters. The number of imide groups is 1. The molecule has 1 aromatic carbocycles. The van der Waals surface area contributed by atoms with Crippen molar-refractivity contribution >= 4 is 12.0 Å². The maximum atomic E-state index is 12.9. The van der Waals surface area contributed by atoms with Gasteiger partial charge in [-0.3, -0.25) is 4.79 Å². The molecule has 1 aromatic rings. The molecule has 1 heterocycles. The zero-order valence-corrected chi connectivity index (χ0v) is 14.5. The van der Waals surface area contributed by atoms with Gasteiger partial charge in [0.25, 0.3) is 0 Å². The Bertz CT molecular complexity index is 599. The molecule has 2 amide bonds. The van der Waals surface area contributed by atoms with Crippen LogP contribution in [0.3, 0.4) is 0 Å². The van der Waals surface area contributed by atoms with Gasteiger partial charge in [0.1, 0.15) is 6.61 Å². The number of nitrogens with zero attached hydrogens (tertiary/aromatic N) is 1. The van der Waals surface area contributed by atoms with E-state index in [0.717, 1.165) is 5.56 Å². The first kappa shape index (κ1) is 18.2. The quantitative estimate of drug-likeness (QED) is 0.719. The molecule has 0 aromatic heterocycles. The maximum absolute atomic E-state index is 12.9. The molecule has 5 nitrogen and oxygen atoms in total. The van der Waals surface area contributed by atoms with Crippen LogP contribution in [0.5, 0.6) is 0 Å². The van der Waals surface area contributed by atoms with E-state index in [2.05, 4.69) is 6.58 Å². The standard InChI is InChI=1S/C19H25NO4/c1-5-19(4,13-23-11-15-9-7-6-8-10-15)17(21)20-16(14(2)3)12-24-18(20)22/h5-10,14,16H,1,11-13H2,2-4H3/t16-,19-/m1/s1. The third kappa shape index (κ3) is 3.85. The van der Waals surface area contributed by atoms with E-state index in [1.807, 2.05) is 44.2 Å². The summed E-state index contributed by atoms with van der Waals surface area (Å²) in [6.07, 6.45) is 0.957. The van der Waals surface area contributed by atoms with Crippen LogP contribution in [0.1, 0.15) is 26.3 Å². The summed E-state index contributed by atoms with van der Waals surface area (Å²) in [6, 6.07) is 9.47. The highest BCUT2D eigenvalue weighted by atomic mass is 16.6. The zero-order chi connectivity index (χ0) is 17.7. The van der Waals surface area contributed by atoms with Gasteiger partial charge in [-0.05, 0) is 18.4 Å². The topological polar surface area (TPSA) is 55.8 Å². The molecule has 0 N–H and O–H groups in total. The third-order valence-corrected chi connectivity index (χ3v) is 4.35. The average molecular weight is 331 g/mol. The Morgan fingerprint density at radius 2 is 2.12 bits per heavy atom. The molecule has 0 aliphatic carbocycles. The number of cyclic esters (lactones) is 1. The van der Waals surface area contributed by atoms with Crippen LogP contribution in [0.15, 0.2) is 43.0 Å². The van der Waals surface area contributed by atoms with E-state index >= 15 is 0 Å². The lowest BCUT2D eigenvalue weighted by atomic mass is 9.89. The molecule has 0 bridgehead atoms. The van der Waals surface area contributed by atoms with Crippen LogP contribution in [0, 0.1) is 11.3 Å². The van der Waals surface area contributed by atoms with Crippen molar-refractivity contribution in [3.05, 3.63) is 48.6 Å². The summed E-state index contributed by atoms with van der Waals surface area (Å²) in [5.74, 6) is -0.202. The lowest BCUT2D eigenvalue weighted by Gasteiger charge is -2.31. The second kappa shape index (κ2) is 7.62. The van der Waals surface area contributed by atoms with Crippen LogP contribution in [0.25, 0.3) is 0 Å². The third-order valence-electron chi connectivity index (χ3n) is 4.35. The molecule has 1 aliphatic rings. The first-order valence-corrected chi connectivity index (χ1v) is 8.14. The van der Waals surface area contributed by atoms with Gasteiger partial charge in [0.2, 0.25) is 5.91 Å². The molecule has 2 atom stereocenters. The van der Waals surface area contributed by atoms with Crippen molar-refractivity contribution in [3.63, 3.8) is 0 Å². The summed E-state index contributed by atoms with van der Waals surface area (Å²) in [4.78, 5) is 26.2. The molecule has 2 rings (SSSR count). The predicted molar refractivity (Wildman–Crippen MR) is 91.2 cm³/mol. The van der Waals surface area contributed by atoms with Gasteiger partial charge in [-0.15, -0.1) is 6.58 Å². The number of ether oxygens (including phenoxy) is 2. The van der Waals surface area contributed by atoms with Crippen molar-refractivity contribution in [3.8, 4) is 0 Å². The van der Waals surface area contributed by atoms with E-state index in [1.54, 1.807) is 13.0 Å². The van der Waals surface area contributed by atoms with Gasteiger partial charge in [0.05, 0.1) is 24.7 Å². The second-order valence-corrected chi connectivity index (χ2v) is 6.66. The van der Waals surface area contributed by atoms with E-state index in [1.165, 1.54) is 4.90 Å². The Balaban J connectivity index is 2.05. The number of carbonyl (C=O) groups excluding carboxylic acids is 2. The molecule has 24 heavy (non-hydrogen) atoms. The molecule has 0 radical (unpaired) electrons. The normalized spacial score (nSPS) is 19.9. The Labute approximate surface area is 143 Å². The smallest absolute Gasteiger partial charge is 0.417 e. The summed E-state index contributed by atoms with van der Waals surface area (Å²) in [5.41, 5.74) is 0.0441. The van der Waals surface area contributed by atoms with E-state index < -0.39 is 11.5 Å². The van der Waals surface area contributed by atoms with Crippen molar-refractivity contribution < 1.29 is 19.1 Å². The summed E-state index contributed by atoms with van der Waals surface area (Å²) in [5, 5.41) is 0. The van der Waals surface area contributed by atoms with Crippen LogP contribution >= 0.6 is 0 Å². The minimum Gasteiger partial charge on any atom is -0.447 e. The van der Waals surface area contributed by atoms with Gasteiger partial charge in [-0.1, -0.05) is 50.3 Å². The SMILES string of the molecule is C=C[C@](C)(COCc1ccccc1)C(=O)N1C(=O)OC[C@@H]1C(C)C. The summed E-state index contributed by atoms with van der Waals surface area (Å²) in [7, 11) is 0. The fourth-order valence-electron chi connectivity index (χ4n) is 2.60. The highest BCUT2D eigenvalue weighted by Gasteiger charge is 2.46. The van der Waals surface area contributed by atoms with Crippen LogP contribution in [-0.2, 0) is 20.9 Å². The Hall–Kier alpha value is -2.14. The van der Waals surface area contributed by atoms with Crippen LogP contribution in [-0.4, -0.2) is 36.2 Å². The molecule has 130 valence electrons. The Kier molecular flexibility index (Phi) is 5.78. The minimum atomic E-state index is -0.981.